The number of carbonyl (C=O) groups is 3. The second-order valence-corrected chi connectivity index (χ2v) is 10.6. The van der Waals surface area contributed by atoms with Crippen LogP contribution in [-0.4, -0.2) is 61.2 Å². The molecule has 3 aliphatic rings. The predicted octanol–water partition coefficient (Wildman–Crippen LogP) is 1.77. The molecular formula is C23H22N4O7S. The predicted molar refractivity (Wildman–Crippen MR) is 126 cm³/mol. The van der Waals surface area contributed by atoms with E-state index in [1.165, 1.54) is 0 Å². The number of hydrogen-bond donors (Lipinski definition) is 2. The van der Waals surface area contributed by atoms with E-state index in [0.29, 0.717) is 34.9 Å². The molecule has 1 unspecified atom stereocenters. The van der Waals surface area contributed by atoms with Crippen LogP contribution in [0.5, 0.6) is 11.5 Å². The third-order valence-corrected chi connectivity index (χ3v) is 7.64. The molecule has 1 saturated heterocycles. The zero-order chi connectivity index (χ0) is 24.6. The molecule has 2 aromatic rings. The molecule has 12 heteroatoms. The first-order valence-electron chi connectivity index (χ1n) is 11.0. The number of fused-ring (bicyclic) bond motifs is 1. The fourth-order valence-electron chi connectivity index (χ4n) is 4.11. The molecular weight excluding hydrogens is 476 g/mol. The van der Waals surface area contributed by atoms with E-state index in [-0.39, 0.29) is 48.7 Å². The van der Waals surface area contributed by atoms with E-state index in [4.69, 9.17) is 9.47 Å². The van der Waals surface area contributed by atoms with Gasteiger partial charge in [-0.25, -0.2) is 13.4 Å². The van der Waals surface area contributed by atoms with Crippen LogP contribution in [0.1, 0.15) is 29.6 Å². The molecule has 0 aromatic heterocycles. The van der Waals surface area contributed by atoms with Gasteiger partial charge in [0.1, 0.15) is 5.71 Å². The van der Waals surface area contributed by atoms with Gasteiger partial charge in [-0.3, -0.25) is 14.4 Å². The molecule has 11 nitrogen and oxygen atoms in total. The number of nitrogens with zero attached hydrogens (tertiary/aromatic N) is 2. The fraction of sp³-hybridized carbons (Fsp3) is 0.304. The number of carbonyl (C=O) groups excluding carboxylic acids is 3. The van der Waals surface area contributed by atoms with Crippen LogP contribution in [0, 0.1) is 0 Å². The Kier molecular flexibility index (Phi) is 5.89. The number of benzene rings is 2. The molecule has 2 N–H and O–H groups in total. The third-order valence-electron chi connectivity index (χ3n) is 5.89. The molecule has 2 aromatic carbocycles. The number of ether oxygens (including phenoxy) is 2. The molecule has 0 spiro atoms. The number of hydrogen-bond acceptors (Lipinski definition) is 8. The van der Waals surface area contributed by atoms with Crippen molar-refractivity contribution in [1.29, 1.82) is 0 Å². The highest BCUT2D eigenvalue weighted by Crippen LogP contribution is 2.32. The fourth-order valence-corrected chi connectivity index (χ4v) is 5.80. The zero-order valence-corrected chi connectivity index (χ0v) is 19.3. The average Bonchev–Trinajstić information content (AvgIpc) is 3.44. The molecule has 3 aliphatic heterocycles. The Morgan fingerprint density at radius 2 is 1.71 bits per heavy atom. The summed E-state index contributed by atoms with van der Waals surface area (Å²) < 4.78 is 34.1. The Hall–Kier alpha value is -3.93. The lowest BCUT2D eigenvalue weighted by Crippen LogP contribution is -2.42. The van der Waals surface area contributed by atoms with Crippen molar-refractivity contribution in [2.24, 2.45) is 5.10 Å². The van der Waals surface area contributed by atoms with Gasteiger partial charge in [0.05, 0.1) is 17.5 Å². The minimum Gasteiger partial charge on any atom is -0.454 e. The van der Waals surface area contributed by atoms with Crippen LogP contribution in [0.25, 0.3) is 0 Å². The highest BCUT2D eigenvalue weighted by atomic mass is 32.2. The number of nitrogens with one attached hydrogen (secondary N) is 2. The Morgan fingerprint density at radius 3 is 2.46 bits per heavy atom. The molecule has 3 heterocycles. The molecule has 0 bridgehead atoms. The minimum absolute atomic E-state index is 0.00324. The maximum atomic E-state index is 12.8. The van der Waals surface area contributed by atoms with E-state index in [1.807, 2.05) is 0 Å². The van der Waals surface area contributed by atoms with Crippen molar-refractivity contribution in [3.05, 3.63) is 48.0 Å². The average molecular weight is 499 g/mol. The standard InChI is InChI=1S/C23H22N4O7S/c28-21-7-5-18(26-27(21)17-8-9-35(31,32)12-17)23(30)25-16-3-1-2-15(11-16)24-22(29)14-4-6-19-20(10-14)34-13-33-19/h1-4,6,10-11,17H,5,7-9,12-13H2,(H,24,29)(H,25,30). The number of rotatable bonds is 5. The first-order chi connectivity index (χ1) is 16.8. The van der Waals surface area contributed by atoms with Crippen LogP contribution in [0.2, 0.25) is 0 Å². The first kappa shape index (κ1) is 22.8. The monoisotopic (exact) mass is 498 g/mol. The Balaban J connectivity index is 1.26. The summed E-state index contributed by atoms with van der Waals surface area (Å²) in [5.74, 6) is -0.226. The number of anilines is 2. The number of hydrazone groups is 1. The van der Waals surface area contributed by atoms with Gasteiger partial charge in [0.2, 0.25) is 12.7 Å². The topological polar surface area (TPSA) is 143 Å². The normalized spacial score (nSPS) is 20.3. The summed E-state index contributed by atoms with van der Waals surface area (Å²) in [4.78, 5) is 37.7. The van der Waals surface area contributed by atoms with Gasteiger partial charge in [-0.15, -0.1) is 0 Å². The lowest BCUT2D eigenvalue weighted by Gasteiger charge is -2.27. The summed E-state index contributed by atoms with van der Waals surface area (Å²) in [6.45, 7) is 0.110. The van der Waals surface area contributed by atoms with Crippen LogP contribution < -0.4 is 20.1 Å². The molecule has 5 rings (SSSR count). The van der Waals surface area contributed by atoms with E-state index >= 15 is 0 Å². The van der Waals surface area contributed by atoms with Crippen LogP contribution in [0.15, 0.2) is 47.6 Å². The largest absolute Gasteiger partial charge is 0.454 e. The summed E-state index contributed by atoms with van der Waals surface area (Å²) in [6, 6.07) is 10.9. The van der Waals surface area contributed by atoms with E-state index in [0.717, 1.165) is 5.01 Å². The highest BCUT2D eigenvalue weighted by Gasteiger charge is 2.37. The molecule has 182 valence electrons. The second-order valence-electron chi connectivity index (χ2n) is 8.40. The quantitative estimate of drug-likeness (QED) is 0.639. The molecule has 35 heavy (non-hydrogen) atoms. The summed E-state index contributed by atoms with van der Waals surface area (Å²) in [6.07, 6.45) is 0.535. The summed E-state index contributed by atoms with van der Waals surface area (Å²) in [7, 11) is -3.20. The third kappa shape index (κ3) is 4.97. The Morgan fingerprint density at radius 1 is 0.971 bits per heavy atom. The van der Waals surface area contributed by atoms with Crippen LogP contribution in [0.3, 0.4) is 0 Å². The lowest BCUT2D eigenvalue weighted by molar-refractivity contribution is -0.133. The second kappa shape index (κ2) is 9.02. The molecule has 0 saturated carbocycles. The van der Waals surface area contributed by atoms with Gasteiger partial charge in [-0.1, -0.05) is 6.07 Å². The van der Waals surface area contributed by atoms with Crippen molar-refractivity contribution in [3.8, 4) is 11.5 Å². The first-order valence-corrected chi connectivity index (χ1v) is 12.8. The van der Waals surface area contributed by atoms with E-state index in [9.17, 15) is 22.8 Å². The maximum Gasteiger partial charge on any atom is 0.271 e. The zero-order valence-electron chi connectivity index (χ0n) is 18.5. The van der Waals surface area contributed by atoms with E-state index in [1.54, 1.807) is 42.5 Å². The van der Waals surface area contributed by atoms with Gasteiger partial charge in [0.15, 0.2) is 21.3 Å². The SMILES string of the molecule is O=C(Nc1cccc(NC(=O)c2ccc3c(c2)OCO3)c1)C1=NN(C2CCS(=O)(=O)C2)C(=O)CC1. The summed E-state index contributed by atoms with van der Waals surface area (Å²) in [5.41, 5.74) is 1.42. The van der Waals surface area contributed by atoms with E-state index in [2.05, 4.69) is 15.7 Å². The van der Waals surface area contributed by atoms with Crippen LogP contribution in [0.4, 0.5) is 11.4 Å². The number of amides is 3. The van der Waals surface area contributed by atoms with Crippen LogP contribution in [-0.2, 0) is 19.4 Å². The summed E-state index contributed by atoms with van der Waals surface area (Å²) >= 11 is 0. The van der Waals surface area contributed by atoms with E-state index < -0.39 is 21.8 Å². The van der Waals surface area contributed by atoms with Crippen molar-refractivity contribution in [1.82, 2.24) is 5.01 Å². The van der Waals surface area contributed by atoms with Gasteiger partial charge in [-0.2, -0.15) is 5.10 Å². The van der Waals surface area contributed by atoms with Crippen molar-refractivity contribution >= 4 is 44.6 Å². The van der Waals surface area contributed by atoms with Gasteiger partial charge in [0.25, 0.3) is 11.8 Å². The van der Waals surface area contributed by atoms with Crippen molar-refractivity contribution in [2.75, 3.05) is 28.9 Å². The Bertz CT molecular complexity index is 1360. The molecule has 3 amide bonds. The lowest BCUT2D eigenvalue weighted by atomic mass is 10.1. The van der Waals surface area contributed by atoms with Crippen molar-refractivity contribution in [2.45, 2.75) is 25.3 Å². The Labute approximate surface area is 201 Å². The van der Waals surface area contributed by atoms with Crippen LogP contribution >= 0.6 is 0 Å². The molecule has 1 atom stereocenters. The van der Waals surface area contributed by atoms with Gasteiger partial charge < -0.3 is 20.1 Å². The summed E-state index contributed by atoms with van der Waals surface area (Å²) in [5, 5.41) is 10.8. The smallest absolute Gasteiger partial charge is 0.271 e. The van der Waals surface area contributed by atoms with Gasteiger partial charge in [0, 0.05) is 29.8 Å². The number of sulfone groups is 1. The molecule has 0 radical (unpaired) electrons. The highest BCUT2D eigenvalue weighted by molar-refractivity contribution is 7.91. The molecule has 0 aliphatic carbocycles. The van der Waals surface area contributed by atoms with Gasteiger partial charge in [-0.05, 0) is 42.8 Å². The van der Waals surface area contributed by atoms with Crippen molar-refractivity contribution < 1.29 is 32.3 Å². The maximum absolute atomic E-state index is 12.8. The van der Waals surface area contributed by atoms with Gasteiger partial charge >= 0.3 is 0 Å². The van der Waals surface area contributed by atoms with Crippen molar-refractivity contribution in [3.63, 3.8) is 0 Å². The minimum atomic E-state index is -3.20. The molecule has 1 fully saturated rings.